The summed E-state index contributed by atoms with van der Waals surface area (Å²) in [5, 5.41) is 15.7. The zero-order chi connectivity index (χ0) is 15.0. The van der Waals surface area contributed by atoms with Crippen LogP contribution in [0.5, 0.6) is 0 Å². The van der Waals surface area contributed by atoms with Gasteiger partial charge in [0.2, 0.25) is 5.91 Å². The van der Waals surface area contributed by atoms with Gasteiger partial charge >= 0.3 is 5.97 Å². The van der Waals surface area contributed by atoms with Gasteiger partial charge in [0.1, 0.15) is 0 Å². The largest absolute Gasteiger partial charge is 0.481 e. The third-order valence-corrected chi connectivity index (χ3v) is 5.39. The summed E-state index contributed by atoms with van der Waals surface area (Å²) < 4.78 is 5.40. The van der Waals surface area contributed by atoms with Gasteiger partial charge in [0.25, 0.3) is 0 Å². The van der Waals surface area contributed by atoms with Crippen LogP contribution in [0.3, 0.4) is 0 Å². The molecular formula is C15H24N2O4. The molecule has 0 spiro atoms. The second kappa shape index (κ2) is 5.93. The van der Waals surface area contributed by atoms with Crippen molar-refractivity contribution >= 4 is 11.9 Å². The van der Waals surface area contributed by atoms with Crippen LogP contribution in [0.2, 0.25) is 0 Å². The predicted octanol–water partition coefficient (Wildman–Crippen LogP) is 0.226. The maximum atomic E-state index is 12.5. The van der Waals surface area contributed by atoms with E-state index in [4.69, 9.17) is 4.74 Å². The summed E-state index contributed by atoms with van der Waals surface area (Å²) >= 11 is 0. The van der Waals surface area contributed by atoms with E-state index in [0.717, 1.165) is 25.8 Å². The van der Waals surface area contributed by atoms with Crippen LogP contribution in [-0.2, 0) is 14.3 Å². The Morgan fingerprint density at radius 3 is 2.71 bits per heavy atom. The number of ether oxygens (including phenoxy) is 1. The van der Waals surface area contributed by atoms with Gasteiger partial charge in [0, 0.05) is 12.1 Å². The van der Waals surface area contributed by atoms with Gasteiger partial charge in [-0.1, -0.05) is 6.92 Å². The van der Waals surface area contributed by atoms with E-state index in [1.54, 1.807) is 0 Å². The molecule has 0 aromatic heterocycles. The summed E-state index contributed by atoms with van der Waals surface area (Å²) in [4.78, 5) is 24.0. The number of nitrogens with one attached hydrogen (secondary N) is 2. The number of carbonyl (C=O) groups excluding carboxylic acids is 1. The van der Waals surface area contributed by atoms with Gasteiger partial charge in [-0.05, 0) is 37.6 Å². The third-order valence-electron chi connectivity index (χ3n) is 5.39. The number of carboxylic acids is 1. The average molecular weight is 296 g/mol. The lowest BCUT2D eigenvalue weighted by Gasteiger charge is -2.30. The molecule has 3 aliphatic rings. The van der Waals surface area contributed by atoms with Crippen molar-refractivity contribution in [2.24, 2.45) is 23.7 Å². The first-order valence-electron chi connectivity index (χ1n) is 7.96. The molecule has 1 aliphatic heterocycles. The minimum Gasteiger partial charge on any atom is -0.481 e. The Hall–Kier alpha value is -1.14. The number of carboxylic acid groups (broad SMARTS) is 1. The molecule has 0 radical (unpaired) electrons. The van der Waals surface area contributed by atoms with E-state index in [9.17, 15) is 14.7 Å². The molecule has 118 valence electrons. The van der Waals surface area contributed by atoms with Crippen LogP contribution < -0.4 is 10.6 Å². The Bertz CT molecular complexity index is 428. The predicted molar refractivity (Wildman–Crippen MR) is 75.7 cm³/mol. The molecule has 3 N–H and O–H groups in total. The Morgan fingerprint density at radius 2 is 2.00 bits per heavy atom. The van der Waals surface area contributed by atoms with E-state index in [2.05, 4.69) is 10.6 Å². The maximum absolute atomic E-state index is 12.5. The Kier molecular flexibility index (Phi) is 4.17. The molecule has 2 aliphatic carbocycles. The summed E-state index contributed by atoms with van der Waals surface area (Å²) in [5.74, 6) is -0.867. The van der Waals surface area contributed by atoms with Crippen LogP contribution in [0.4, 0.5) is 0 Å². The maximum Gasteiger partial charge on any atom is 0.308 e. The van der Waals surface area contributed by atoms with Gasteiger partial charge in [-0.25, -0.2) is 0 Å². The van der Waals surface area contributed by atoms with Crippen LogP contribution in [0.25, 0.3) is 0 Å². The first-order chi connectivity index (χ1) is 10.1. The van der Waals surface area contributed by atoms with Crippen LogP contribution in [0.15, 0.2) is 0 Å². The van der Waals surface area contributed by atoms with Crippen molar-refractivity contribution < 1.29 is 19.4 Å². The molecular weight excluding hydrogens is 272 g/mol. The van der Waals surface area contributed by atoms with Crippen molar-refractivity contribution in [1.29, 1.82) is 0 Å². The number of rotatable bonds is 5. The summed E-state index contributed by atoms with van der Waals surface area (Å²) in [5.41, 5.74) is 0. The molecule has 2 bridgehead atoms. The standard InChI is InChI=1S/C15H24N2O4/c1-2-16-11-7-21-6-10(11)14(18)17-13-9-4-3-8(5-9)12(13)15(19)20/h8-13,16H,2-7H2,1H3,(H,17,18)(H,19,20). The van der Waals surface area contributed by atoms with E-state index in [-0.39, 0.29) is 29.8 Å². The lowest BCUT2D eigenvalue weighted by molar-refractivity contribution is -0.145. The number of hydrogen-bond acceptors (Lipinski definition) is 4. The lowest BCUT2D eigenvalue weighted by Crippen LogP contribution is -2.51. The van der Waals surface area contributed by atoms with Crippen LogP contribution >= 0.6 is 0 Å². The van der Waals surface area contributed by atoms with Crippen LogP contribution in [-0.4, -0.2) is 48.8 Å². The van der Waals surface area contributed by atoms with Crippen molar-refractivity contribution in [3.8, 4) is 0 Å². The lowest BCUT2D eigenvalue weighted by atomic mass is 9.84. The monoisotopic (exact) mass is 296 g/mol. The molecule has 1 saturated heterocycles. The minimum atomic E-state index is -0.765. The highest BCUT2D eigenvalue weighted by Crippen LogP contribution is 2.48. The van der Waals surface area contributed by atoms with Gasteiger partial charge in [-0.3, -0.25) is 9.59 Å². The molecule has 6 atom stereocenters. The van der Waals surface area contributed by atoms with Crippen molar-refractivity contribution in [3.63, 3.8) is 0 Å². The fourth-order valence-electron chi connectivity index (χ4n) is 4.40. The second-order valence-corrected chi connectivity index (χ2v) is 6.54. The second-order valence-electron chi connectivity index (χ2n) is 6.54. The smallest absolute Gasteiger partial charge is 0.308 e. The fraction of sp³-hybridized carbons (Fsp3) is 0.867. The van der Waals surface area contributed by atoms with Crippen LogP contribution in [0, 0.1) is 23.7 Å². The third kappa shape index (κ3) is 2.66. The molecule has 3 rings (SSSR count). The molecule has 3 fully saturated rings. The van der Waals surface area contributed by atoms with E-state index in [1.165, 1.54) is 0 Å². The Balaban J connectivity index is 1.65. The summed E-state index contributed by atoms with van der Waals surface area (Å²) in [6.45, 7) is 3.76. The highest BCUT2D eigenvalue weighted by molar-refractivity contribution is 5.81. The number of aliphatic carboxylic acids is 1. The highest BCUT2D eigenvalue weighted by Gasteiger charge is 2.52. The van der Waals surface area contributed by atoms with Gasteiger partial charge in [-0.15, -0.1) is 0 Å². The molecule has 0 aromatic rings. The zero-order valence-corrected chi connectivity index (χ0v) is 12.4. The molecule has 0 aromatic carbocycles. The van der Waals surface area contributed by atoms with Crippen molar-refractivity contribution in [2.45, 2.75) is 38.3 Å². The molecule has 6 nitrogen and oxygen atoms in total. The number of hydrogen-bond donors (Lipinski definition) is 3. The Labute approximate surface area is 124 Å². The van der Waals surface area contributed by atoms with Gasteiger partial charge in [0.15, 0.2) is 0 Å². The van der Waals surface area contributed by atoms with Gasteiger partial charge in [-0.2, -0.15) is 0 Å². The van der Waals surface area contributed by atoms with E-state index < -0.39 is 11.9 Å². The molecule has 2 saturated carbocycles. The van der Waals surface area contributed by atoms with Crippen molar-refractivity contribution in [3.05, 3.63) is 0 Å². The number of likely N-dealkylation sites (N-methyl/N-ethyl adjacent to an activating group) is 1. The zero-order valence-electron chi connectivity index (χ0n) is 12.4. The average Bonchev–Trinajstić information content (AvgIpc) is 3.13. The van der Waals surface area contributed by atoms with E-state index in [1.807, 2.05) is 6.92 Å². The van der Waals surface area contributed by atoms with E-state index in [0.29, 0.717) is 19.1 Å². The molecule has 1 heterocycles. The first-order valence-corrected chi connectivity index (χ1v) is 7.96. The number of fused-ring (bicyclic) bond motifs is 2. The highest BCUT2D eigenvalue weighted by atomic mass is 16.5. The fourth-order valence-corrected chi connectivity index (χ4v) is 4.40. The summed E-state index contributed by atoms with van der Waals surface area (Å²) in [6.07, 6.45) is 2.97. The number of amides is 1. The normalized spacial score (nSPS) is 41.4. The van der Waals surface area contributed by atoms with Crippen LogP contribution in [0.1, 0.15) is 26.2 Å². The number of carbonyl (C=O) groups is 2. The molecule has 6 unspecified atom stereocenters. The first kappa shape index (κ1) is 14.8. The topological polar surface area (TPSA) is 87.7 Å². The van der Waals surface area contributed by atoms with Gasteiger partial charge in [0.05, 0.1) is 25.0 Å². The quantitative estimate of drug-likeness (QED) is 0.676. The van der Waals surface area contributed by atoms with Crippen molar-refractivity contribution in [1.82, 2.24) is 10.6 Å². The molecule has 6 heteroatoms. The summed E-state index contributed by atoms with van der Waals surface area (Å²) in [6, 6.07) is -0.159. The minimum absolute atomic E-state index is 0.0388. The summed E-state index contributed by atoms with van der Waals surface area (Å²) in [7, 11) is 0. The molecule has 1 amide bonds. The Morgan fingerprint density at radius 1 is 1.24 bits per heavy atom. The van der Waals surface area contributed by atoms with E-state index >= 15 is 0 Å². The molecule has 21 heavy (non-hydrogen) atoms. The SMILES string of the molecule is CCNC1COCC1C(=O)NC1C2CCC(C2)C1C(=O)O. The van der Waals surface area contributed by atoms with Crippen molar-refractivity contribution in [2.75, 3.05) is 19.8 Å². The van der Waals surface area contributed by atoms with Gasteiger partial charge < -0.3 is 20.5 Å².